The Labute approximate surface area is 133 Å². The Kier molecular flexibility index (Phi) is 4.72. The van der Waals surface area contributed by atoms with Crippen LogP contribution in [-0.4, -0.2) is 31.3 Å². The summed E-state index contributed by atoms with van der Waals surface area (Å²) in [6.07, 6.45) is 1.80. The topological polar surface area (TPSA) is 37.4 Å². The van der Waals surface area contributed by atoms with Crippen LogP contribution in [0, 0.1) is 0 Å². The summed E-state index contributed by atoms with van der Waals surface area (Å²) in [6, 6.07) is 12.5. The largest absolute Gasteiger partial charge is 0.378 e. The van der Waals surface area contributed by atoms with Gasteiger partial charge in [-0.15, -0.1) is 0 Å². The number of halogens is 1. The Hall–Kier alpha value is -1.59. The number of pyridine rings is 1. The highest BCUT2D eigenvalue weighted by Gasteiger charge is 2.14. The lowest BCUT2D eigenvalue weighted by Gasteiger charge is -2.30. The van der Waals surface area contributed by atoms with Crippen LogP contribution in [0.3, 0.4) is 0 Å². The summed E-state index contributed by atoms with van der Waals surface area (Å²) in [4.78, 5) is 6.73. The smallest absolute Gasteiger partial charge is 0.126 e. The Morgan fingerprint density at radius 3 is 2.71 bits per heavy atom. The summed E-state index contributed by atoms with van der Waals surface area (Å²) in [5, 5.41) is 3.38. The van der Waals surface area contributed by atoms with Crippen LogP contribution in [0.5, 0.6) is 0 Å². The molecule has 1 aromatic heterocycles. The fourth-order valence-electron chi connectivity index (χ4n) is 2.44. The van der Waals surface area contributed by atoms with Crippen molar-refractivity contribution in [2.75, 3.05) is 36.5 Å². The number of para-hydroxylation sites is 1. The number of anilines is 2. The van der Waals surface area contributed by atoms with Crippen molar-refractivity contribution in [1.82, 2.24) is 4.98 Å². The minimum atomic E-state index is 0.766. The summed E-state index contributed by atoms with van der Waals surface area (Å²) in [5.74, 6) is 0.884. The van der Waals surface area contributed by atoms with Gasteiger partial charge in [-0.3, -0.25) is 0 Å². The normalized spacial score (nSPS) is 15.0. The Bertz CT molecular complexity index is 582. The van der Waals surface area contributed by atoms with Gasteiger partial charge in [0.05, 0.1) is 13.2 Å². The van der Waals surface area contributed by atoms with Crippen molar-refractivity contribution >= 4 is 27.4 Å². The molecule has 21 heavy (non-hydrogen) atoms. The molecule has 1 saturated heterocycles. The van der Waals surface area contributed by atoms with Crippen LogP contribution >= 0.6 is 15.9 Å². The maximum absolute atomic E-state index is 5.43. The number of morpholine rings is 1. The molecule has 0 aliphatic carbocycles. The third-order valence-electron chi connectivity index (χ3n) is 3.53. The zero-order valence-electron chi connectivity index (χ0n) is 11.8. The van der Waals surface area contributed by atoms with Gasteiger partial charge in [0.2, 0.25) is 0 Å². The minimum Gasteiger partial charge on any atom is -0.378 e. The second kappa shape index (κ2) is 6.91. The first-order valence-corrected chi connectivity index (χ1v) is 7.88. The van der Waals surface area contributed by atoms with Crippen LogP contribution in [0.1, 0.15) is 5.56 Å². The quantitative estimate of drug-likeness (QED) is 0.920. The SMILES string of the molecule is Brc1ccc(NCc2ccccc2N2CCOCC2)nc1. The van der Waals surface area contributed by atoms with Gasteiger partial charge in [0.1, 0.15) is 5.82 Å². The molecule has 110 valence electrons. The fourth-order valence-corrected chi connectivity index (χ4v) is 2.67. The molecular formula is C16H18BrN3O. The van der Waals surface area contributed by atoms with E-state index < -0.39 is 0 Å². The first-order chi connectivity index (χ1) is 10.3. The first-order valence-electron chi connectivity index (χ1n) is 7.09. The Balaban J connectivity index is 1.71. The van der Waals surface area contributed by atoms with Crippen LogP contribution in [0.25, 0.3) is 0 Å². The van der Waals surface area contributed by atoms with Crippen molar-refractivity contribution in [3.63, 3.8) is 0 Å². The molecule has 0 spiro atoms. The van der Waals surface area contributed by atoms with E-state index in [0.717, 1.165) is 43.1 Å². The molecule has 0 saturated carbocycles. The second-order valence-electron chi connectivity index (χ2n) is 4.94. The number of nitrogens with one attached hydrogen (secondary N) is 1. The molecule has 1 N–H and O–H groups in total. The molecule has 0 radical (unpaired) electrons. The molecule has 3 rings (SSSR count). The lowest BCUT2D eigenvalue weighted by Crippen LogP contribution is -2.36. The number of hydrogen-bond acceptors (Lipinski definition) is 4. The molecule has 4 nitrogen and oxygen atoms in total. The molecule has 1 aliphatic rings. The number of benzene rings is 1. The monoisotopic (exact) mass is 347 g/mol. The predicted octanol–water partition coefficient (Wildman–Crippen LogP) is 3.29. The van der Waals surface area contributed by atoms with Crippen molar-refractivity contribution in [2.45, 2.75) is 6.54 Å². The average molecular weight is 348 g/mol. The molecule has 0 unspecified atom stereocenters. The van der Waals surface area contributed by atoms with E-state index in [1.807, 2.05) is 12.1 Å². The summed E-state index contributed by atoms with van der Waals surface area (Å²) >= 11 is 3.40. The highest BCUT2D eigenvalue weighted by Crippen LogP contribution is 2.22. The third-order valence-corrected chi connectivity index (χ3v) is 4.00. The van der Waals surface area contributed by atoms with Crippen molar-refractivity contribution in [3.05, 3.63) is 52.6 Å². The summed E-state index contributed by atoms with van der Waals surface area (Å²) in [6.45, 7) is 4.27. The maximum Gasteiger partial charge on any atom is 0.126 e. The van der Waals surface area contributed by atoms with E-state index in [1.165, 1.54) is 11.3 Å². The number of aromatic nitrogens is 1. The summed E-state index contributed by atoms with van der Waals surface area (Å²) < 4.78 is 6.42. The minimum absolute atomic E-state index is 0.766. The Morgan fingerprint density at radius 1 is 1.14 bits per heavy atom. The number of rotatable bonds is 4. The summed E-state index contributed by atoms with van der Waals surface area (Å²) in [7, 11) is 0. The van der Waals surface area contributed by atoms with E-state index in [0.29, 0.717) is 0 Å². The lowest BCUT2D eigenvalue weighted by molar-refractivity contribution is 0.122. The molecule has 1 aromatic carbocycles. The molecule has 2 aromatic rings. The maximum atomic E-state index is 5.43. The third kappa shape index (κ3) is 3.74. The van der Waals surface area contributed by atoms with Crippen molar-refractivity contribution in [2.24, 2.45) is 0 Å². The van der Waals surface area contributed by atoms with Crippen LogP contribution in [0.15, 0.2) is 47.1 Å². The highest BCUT2D eigenvalue weighted by atomic mass is 79.9. The molecule has 0 amide bonds. The van der Waals surface area contributed by atoms with Crippen molar-refractivity contribution in [1.29, 1.82) is 0 Å². The molecule has 0 atom stereocenters. The van der Waals surface area contributed by atoms with Gasteiger partial charge in [-0.2, -0.15) is 0 Å². The van der Waals surface area contributed by atoms with Crippen molar-refractivity contribution in [3.8, 4) is 0 Å². The van der Waals surface area contributed by atoms with E-state index in [1.54, 1.807) is 6.20 Å². The fraction of sp³-hybridized carbons (Fsp3) is 0.312. The summed E-state index contributed by atoms with van der Waals surface area (Å²) in [5.41, 5.74) is 2.56. The highest BCUT2D eigenvalue weighted by molar-refractivity contribution is 9.10. The first kappa shape index (κ1) is 14.4. The number of hydrogen-bond donors (Lipinski definition) is 1. The van der Waals surface area contributed by atoms with Crippen LogP contribution in [0.2, 0.25) is 0 Å². The van der Waals surface area contributed by atoms with Gasteiger partial charge in [-0.1, -0.05) is 18.2 Å². The van der Waals surface area contributed by atoms with Gasteiger partial charge in [-0.25, -0.2) is 4.98 Å². The van der Waals surface area contributed by atoms with E-state index in [4.69, 9.17) is 4.74 Å². The van der Waals surface area contributed by atoms with Gasteiger partial charge in [0.25, 0.3) is 0 Å². The predicted molar refractivity (Wildman–Crippen MR) is 88.7 cm³/mol. The molecule has 1 aliphatic heterocycles. The molecule has 2 heterocycles. The lowest BCUT2D eigenvalue weighted by atomic mass is 10.1. The number of ether oxygens (including phenoxy) is 1. The van der Waals surface area contributed by atoms with Crippen LogP contribution in [-0.2, 0) is 11.3 Å². The molecule has 5 heteroatoms. The van der Waals surface area contributed by atoms with E-state index >= 15 is 0 Å². The molecule has 0 bridgehead atoms. The van der Waals surface area contributed by atoms with Gasteiger partial charge < -0.3 is 15.0 Å². The van der Waals surface area contributed by atoms with Gasteiger partial charge >= 0.3 is 0 Å². The van der Waals surface area contributed by atoms with Crippen LogP contribution < -0.4 is 10.2 Å². The molecular weight excluding hydrogens is 330 g/mol. The van der Waals surface area contributed by atoms with E-state index in [2.05, 4.69) is 55.4 Å². The second-order valence-corrected chi connectivity index (χ2v) is 5.86. The Morgan fingerprint density at radius 2 is 1.95 bits per heavy atom. The van der Waals surface area contributed by atoms with Crippen LogP contribution in [0.4, 0.5) is 11.5 Å². The molecule has 1 fully saturated rings. The van der Waals surface area contributed by atoms with E-state index in [9.17, 15) is 0 Å². The van der Waals surface area contributed by atoms with Gasteiger partial charge in [0.15, 0.2) is 0 Å². The zero-order chi connectivity index (χ0) is 14.5. The van der Waals surface area contributed by atoms with E-state index in [-0.39, 0.29) is 0 Å². The van der Waals surface area contributed by atoms with Gasteiger partial charge in [-0.05, 0) is 39.7 Å². The average Bonchev–Trinajstić information content (AvgIpc) is 2.55. The van der Waals surface area contributed by atoms with Gasteiger partial charge in [0, 0.05) is 36.0 Å². The van der Waals surface area contributed by atoms with Crippen molar-refractivity contribution < 1.29 is 4.74 Å². The number of nitrogens with zero attached hydrogens (tertiary/aromatic N) is 2. The standard InChI is InChI=1S/C16H18BrN3O/c17-14-5-6-16(19-12-14)18-11-13-3-1-2-4-15(13)20-7-9-21-10-8-20/h1-6,12H,7-11H2,(H,18,19). The zero-order valence-corrected chi connectivity index (χ0v) is 13.3.